The molecule has 3 amide bonds. The van der Waals surface area contributed by atoms with Crippen molar-refractivity contribution >= 4 is 17.6 Å². The molecule has 3 rings (SSSR count). The van der Waals surface area contributed by atoms with Crippen LogP contribution < -0.4 is 16.0 Å². The van der Waals surface area contributed by atoms with Gasteiger partial charge in [0.2, 0.25) is 5.91 Å². The number of nitrogens with one attached hydrogen (secondary N) is 3. The van der Waals surface area contributed by atoms with Crippen molar-refractivity contribution in [1.82, 2.24) is 20.4 Å². The van der Waals surface area contributed by atoms with Crippen molar-refractivity contribution in [3.8, 4) is 5.69 Å². The van der Waals surface area contributed by atoms with Gasteiger partial charge in [0.05, 0.1) is 23.6 Å². The standard InChI is InChI=1S/C16H19N5O2/c1-10-3-4-14(21-9-11(2)7-18-21)13(5-10)20-16(23)19-12-6-15(22)17-8-12/h3-5,7,9,12H,6,8H2,1-2H3,(H,17,22)(H2,19,20,23). The fourth-order valence-electron chi connectivity index (χ4n) is 2.55. The van der Waals surface area contributed by atoms with Crippen molar-refractivity contribution in [3.05, 3.63) is 41.7 Å². The Labute approximate surface area is 134 Å². The lowest BCUT2D eigenvalue weighted by molar-refractivity contribution is -0.119. The highest BCUT2D eigenvalue weighted by atomic mass is 16.2. The molecular weight excluding hydrogens is 294 g/mol. The molecule has 1 aromatic carbocycles. The van der Waals surface area contributed by atoms with E-state index in [1.165, 1.54) is 0 Å². The molecular formula is C16H19N5O2. The van der Waals surface area contributed by atoms with Crippen LogP contribution in [0.1, 0.15) is 17.5 Å². The molecule has 0 spiro atoms. The second-order valence-electron chi connectivity index (χ2n) is 5.79. The van der Waals surface area contributed by atoms with Crippen molar-refractivity contribution in [2.24, 2.45) is 0 Å². The summed E-state index contributed by atoms with van der Waals surface area (Å²) < 4.78 is 1.73. The van der Waals surface area contributed by atoms with Crippen molar-refractivity contribution in [2.75, 3.05) is 11.9 Å². The normalized spacial score (nSPS) is 17.0. The van der Waals surface area contributed by atoms with Gasteiger partial charge in [-0.1, -0.05) is 6.07 Å². The molecule has 1 unspecified atom stereocenters. The lowest BCUT2D eigenvalue weighted by atomic mass is 10.2. The first kappa shape index (κ1) is 15.1. The average molecular weight is 313 g/mol. The van der Waals surface area contributed by atoms with Crippen LogP contribution in [-0.4, -0.2) is 34.3 Å². The summed E-state index contributed by atoms with van der Waals surface area (Å²) in [4.78, 5) is 23.4. The second kappa shape index (κ2) is 6.12. The van der Waals surface area contributed by atoms with Crippen molar-refractivity contribution < 1.29 is 9.59 Å². The topological polar surface area (TPSA) is 88.1 Å². The molecule has 1 aliphatic heterocycles. The Morgan fingerprint density at radius 2 is 2.17 bits per heavy atom. The monoisotopic (exact) mass is 313 g/mol. The van der Waals surface area contributed by atoms with Crippen LogP contribution in [0.15, 0.2) is 30.6 Å². The maximum Gasteiger partial charge on any atom is 0.319 e. The Bertz CT molecular complexity index is 753. The molecule has 2 aromatic rings. The molecule has 1 aromatic heterocycles. The predicted octanol–water partition coefficient (Wildman–Crippen LogP) is 1.50. The van der Waals surface area contributed by atoms with Crippen LogP contribution >= 0.6 is 0 Å². The molecule has 7 nitrogen and oxygen atoms in total. The van der Waals surface area contributed by atoms with Crippen LogP contribution in [0.5, 0.6) is 0 Å². The van der Waals surface area contributed by atoms with Gasteiger partial charge in [-0.15, -0.1) is 0 Å². The summed E-state index contributed by atoms with van der Waals surface area (Å²) in [6, 6.07) is 5.27. The van der Waals surface area contributed by atoms with E-state index >= 15 is 0 Å². The Balaban J connectivity index is 1.77. The molecule has 7 heteroatoms. The highest BCUT2D eigenvalue weighted by molar-refractivity contribution is 5.92. The van der Waals surface area contributed by atoms with Gasteiger partial charge in [-0.05, 0) is 37.1 Å². The van der Waals surface area contributed by atoms with E-state index in [1.54, 1.807) is 10.9 Å². The minimum atomic E-state index is -0.331. The highest BCUT2D eigenvalue weighted by Crippen LogP contribution is 2.21. The fraction of sp³-hybridized carbons (Fsp3) is 0.312. The third kappa shape index (κ3) is 3.50. The minimum absolute atomic E-state index is 0.0430. The first-order valence-corrected chi connectivity index (χ1v) is 7.48. The van der Waals surface area contributed by atoms with Gasteiger partial charge >= 0.3 is 6.03 Å². The third-order valence-corrected chi connectivity index (χ3v) is 3.67. The number of aryl methyl sites for hydroxylation is 2. The average Bonchev–Trinajstić information content (AvgIpc) is 3.08. The van der Waals surface area contributed by atoms with Crippen LogP contribution in [0.3, 0.4) is 0 Å². The molecule has 0 aliphatic carbocycles. The number of rotatable bonds is 3. The number of benzene rings is 1. The number of urea groups is 1. The van der Waals surface area contributed by atoms with Crippen molar-refractivity contribution in [2.45, 2.75) is 26.3 Å². The molecule has 0 radical (unpaired) electrons. The van der Waals surface area contributed by atoms with E-state index in [0.29, 0.717) is 18.7 Å². The number of aromatic nitrogens is 2. The SMILES string of the molecule is Cc1ccc(-n2cc(C)cn2)c(NC(=O)NC2CNC(=O)C2)c1. The summed E-state index contributed by atoms with van der Waals surface area (Å²) >= 11 is 0. The quantitative estimate of drug-likeness (QED) is 0.802. The Hall–Kier alpha value is -2.83. The van der Waals surface area contributed by atoms with E-state index in [9.17, 15) is 9.59 Å². The minimum Gasteiger partial charge on any atom is -0.354 e. The van der Waals surface area contributed by atoms with E-state index in [1.807, 2.05) is 38.2 Å². The smallest absolute Gasteiger partial charge is 0.319 e. The van der Waals surface area contributed by atoms with Gasteiger partial charge in [0.15, 0.2) is 0 Å². The van der Waals surface area contributed by atoms with Crippen LogP contribution in [0, 0.1) is 13.8 Å². The highest BCUT2D eigenvalue weighted by Gasteiger charge is 2.23. The molecule has 2 heterocycles. The second-order valence-corrected chi connectivity index (χ2v) is 5.79. The van der Waals surface area contributed by atoms with Gasteiger partial charge in [-0.2, -0.15) is 5.10 Å². The van der Waals surface area contributed by atoms with E-state index in [2.05, 4.69) is 21.0 Å². The molecule has 1 aliphatic rings. The fourth-order valence-corrected chi connectivity index (χ4v) is 2.55. The summed E-state index contributed by atoms with van der Waals surface area (Å²) in [6.07, 6.45) is 3.97. The molecule has 1 fully saturated rings. The van der Waals surface area contributed by atoms with Crippen LogP contribution in [-0.2, 0) is 4.79 Å². The van der Waals surface area contributed by atoms with E-state index < -0.39 is 0 Å². The first-order chi connectivity index (χ1) is 11.0. The lowest BCUT2D eigenvalue weighted by Crippen LogP contribution is -2.39. The number of hydrogen-bond acceptors (Lipinski definition) is 3. The number of carbonyl (C=O) groups excluding carboxylic acids is 2. The zero-order valence-corrected chi connectivity index (χ0v) is 13.1. The van der Waals surface area contributed by atoms with Gasteiger partial charge in [-0.25, -0.2) is 9.48 Å². The Kier molecular flexibility index (Phi) is 4.01. The largest absolute Gasteiger partial charge is 0.354 e. The van der Waals surface area contributed by atoms with Gasteiger partial charge < -0.3 is 16.0 Å². The molecule has 23 heavy (non-hydrogen) atoms. The number of carbonyl (C=O) groups is 2. The molecule has 1 atom stereocenters. The summed E-state index contributed by atoms with van der Waals surface area (Å²) in [5.74, 6) is -0.0430. The molecule has 0 bridgehead atoms. The lowest BCUT2D eigenvalue weighted by Gasteiger charge is -2.15. The molecule has 0 saturated carbocycles. The van der Waals surface area contributed by atoms with Crippen LogP contribution in [0.25, 0.3) is 5.69 Å². The van der Waals surface area contributed by atoms with E-state index in [4.69, 9.17) is 0 Å². The van der Waals surface area contributed by atoms with E-state index in [0.717, 1.165) is 16.8 Å². The van der Waals surface area contributed by atoms with Crippen LogP contribution in [0.2, 0.25) is 0 Å². The first-order valence-electron chi connectivity index (χ1n) is 7.48. The van der Waals surface area contributed by atoms with E-state index in [-0.39, 0.29) is 18.0 Å². The van der Waals surface area contributed by atoms with Crippen LogP contribution in [0.4, 0.5) is 10.5 Å². The number of nitrogens with zero attached hydrogens (tertiary/aromatic N) is 2. The zero-order valence-electron chi connectivity index (χ0n) is 13.1. The molecule has 120 valence electrons. The number of anilines is 1. The van der Waals surface area contributed by atoms with Gasteiger partial charge in [0, 0.05) is 19.2 Å². The van der Waals surface area contributed by atoms with Gasteiger partial charge in [-0.3, -0.25) is 4.79 Å². The Morgan fingerprint density at radius 3 is 2.83 bits per heavy atom. The number of amides is 3. The predicted molar refractivity (Wildman–Crippen MR) is 86.6 cm³/mol. The third-order valence-electron chi connectivity index (χ3n) is 3.67. The maximum atomic E-state index is 12.2. The molecule has 1 saturated heterocycles. The van der Waals surface area contributed by atoms with Crippen molar-refractivity contribution in [1.29, 1.82) is 0 Å². The van der Waals surface area contributed by atoms with Gasteiger partial charge in [0.25, 0.3) is 0 Å². The maximum absolute atomic E-state index is 12.2. The summed E-state index contributed by atoms with van der Waals surface area (Å²) in [5.41, 5.74) is 3.53. The molecule has 3 N–H and O–H groups in total. The Morgan fingerprint density at radius 1 is 1.35 bits per heavy atom. The zero-order chi connectivity index (χ0) is 16.4. The number of hydrogen-bond donors (Lipinski definition) is 3. The summed E-state index contributed by atoms with van der Waals surface area (Å²) in [6.45, 7) is 4.38. The summed E-state index contributed by atoms with van der Waals surface area (Å²) in [5, 5.41) is 12.6. The summed E-state index contributed by atoms with van der Waals surface area (Å²) in [7, 11) is 0. The van der Waals surface area contributed by atoms with Gasteiger partial charge in [0.1, 0.15) is 0 Å². The van der Waals surface area contributed by atoms with Crippen molar-refractivity contribution in [3.63, 3.8) is 0 Å².